The number of alkyl halides is 1. The fraction of sp³-hybridized carbons (Fsp3) is 0.759. The number of hydrogen-bond donors (Lipinski definition) is 4. The lowest BCUT2D eigenvalue weighted by molar-refractivity contribution is -0.270. The zero-order valence-electron chi connectivity index (χ0n) is 44.5. The van der Waals surface area contributed by atoms with Gasteiger partial charge in [0.05, 0.1) is 41.6 Å². The molecule has 5 heterocycles. The number of esters is 1. The average Bonchev–Trinajstić information content (AvgIpc) is 3.96. The molecule has 0 saturated carbocycles. The summed E-state index contributed by atoms with van der Waals surface area (Å²) in [6.07, 6.45) is 3.86. The highest BCUT2D eigenvalue weighted by Crippen LogP contribution is 2.45. The van der Waals surface area contributed by atoms with Gasteiger partial charge in [-0.3, -0.25) is 4.79 Å². The third-order valence-corrected chi connectivity index (χ3v) is 16.4. The number of ether oxygens (including phenoxy) is 5. The summed E-state index contributed by atoms with van der Waals surface area (Å²) < 4.78 is 54.3. The van der Waals surface area contributed by atoms with Gasteiger partial charge in [-0.2, -0.15) is 0 Å². The maximum Gasteiger partial charge on any atom is 0.309 e. The van der Waals surface area contributed by atoms with E-state index in [1.54, 1.807) is 32.4 Å². The van der Waals surface area contributed by atoms with Crippen molar-refractivity contribution in [3.8, 4) is 12.3 Å². The Hall–Kier alpha value is -3.54. The SMILES string of the molecule is C#C[C@@]1(O)C[C@@H](C)CN(C)C(C)[C@@H](O)[C@](C)(O)[C@@H](CC)OC(=O)[C@H](C)C([C@H]2C[C@@](C)(OC)[C@@H](O)[C@H](C)O2)[C@H](C)[C@H]1O[C@H]1C[C@@H](N(C)CCc2cn([C@H](CF)Cc3ccc4oc(C)cc4c3)nn2)C[C@@H](C)O1. The van der Waals surface area contributed by atoms with Crippen LogP contribution in [0.2, 0.25) is 0 Å². The molecule has 0 radical (unpaired) electrons. The number of cyclic esters (lactones) is 1. The Morgan fingerprint density at radius 2 is 1.77 bits per heavy atom. The molecular formula is C54H84FN5O11. The van der Waals surface area contributed by atoms with Crippen molar-refractivity contribution in [2.45, 2.75) is 198 Å². The highest BCUT2D eigenvalue weighted by atomic mass is 19.1. The van der Waals surface area contributed by atoms with Gasteiger partial charge in [0, 0.05) is 69.0 Å². The number of fused-ring (bicyclic) bond motifs is 1. The molecular weight excluding hydrogens is 914 g/mol. The molecule has 0 bridgehead atoms. The number of carbonyl (C=O) groups excluding carboxylic acids is 1. The van der Waals surface area contributed by atoms with Crippen LogP contribution in [0.25, 0.3) is 11.0 Å². The Balaban J connectivity index is 1.27. The third kappa shape index (κ3) is 12.7. The van der Waals surface area contributed by atoms with Crippen LogP contribution in [-0.4, -0.2) is 170 Å². The van der Waals surface area contributed by atoms with Gasteiger partial charge in [0.2, 0.25) is 0 Å². The molecule has 71 heavy (non-hydrogen) atoms. The van der Waals surface area contributed by atoms with E-state index in [0.29, 0.717) is 38.8 Å². The molecule has 3 saturated heterocycles. The van der Waals surface area contributed by atoms with Gasteiger partial charge in [0.15, 0.2) is 11.9 Å². The molecule has 3 aliphatic rings. The molecule has 4 N–H and O–H groups in total. The maximum atomic E-state index is 14.6. The van der Waals surface area contributed by atoms with Gasteiger partial charge < -0.3 is 58.3 Å². The van der Waals surface area contributed by atoms with E-state index in [1.807, 2.05) is 84.1 Å². The van der Waals surface area contributed by atoms with Crippen LogP contribution in [0, 0.1) is 42.9 Å². The number of furan rings is 1. The highest BCUT2D eigenvalue weighted by Gasteiger charge is 2.55. The van der Waals surface area contributed by atoms with E-state index in [1.165, 1.54) is 14.0 Å². The van der Waals surface area contributed by atoms with Gasteiger partial charge in [-0.15, -0.1) is 11.5 Å². The Kier molecular flexibility index (Phi) is 18.7. The molecule has 3 fully saturated rings. The molecule has 0 aliphatic carbocycles. The summed E-state index contributed by atoms with van der Waals surface area (Å²) in [6, 6.07) is 6.74. The van der Waals surface area contributed by atoms with E-state index in [0.717, 1.165) is 28.0 Å². The zero-order valence-corrected chi connectivity index (χ0v) is 44.5. The van der Waals surface area contributed by atoms with Crippen molar-refractivity contribution in [3.63, 3.8) is 0 Å². The lowest BCUT2D eigenvalue weighted by Gasteiger charge is -2.51. The Bertz CT molecular complexity index is 2250. The second kappa shape index (κ2) is 23.3. The number of aliphatic hydroxyl groups is 4. The van der Waals surface area contributed by atoms with Crippen LogP contribution < -0.4 is 0 Å². The van der Waals surface area contributed by atoms with Gasteiger partial charge in [-0.25, -0.2) is 9.07 Å². The molecule has 3 aromatic rings. The van der Waals surface area contributed by atoms with Crippen molar-refractivity contribution >= 4 is 16.9 Å². The largest absolute Gasteiger partial charge is 0.461 e. The van der Waals surface area contributed by atoms with Crippen molar-refractivity contribution in [1.29, 1.82) is 0 Å². The van der Waals surface area contributed by atoms with Gasteiger partial charge in [0.25, 0.3) is 0 Å². The average molecular weight is 998 g/mol. The second-order valence-corrected chi connectivity index (χ2v) is 22.1. The maximum absolute atomic E-state index is 14.6. The predicted molar refractivity (Wildman–Crippen MR) is 267 cm³/mol. The molecule has 17 heteroatoms. The van der Waals surface area contributed by atoms with E-state index in [-0.39, 0.29) is 37.3 Å². The van der Waals surface area contributed by atoms with Gasteiger partial charge in [-0.1, -0.05) is 44.9 Å². The van der Waals surface area contributed by atoms with Crippen molar-refractivity contribution in [2.75, 3.05) is 41.0 Å². The molecule has 398 valence electrons. The smallest absolute Gasteiger partial charge is 0.309 e. The molecule has 2 unspecified atom stereocenters. The number of methoxy groups -OCH3 is 1. The standard InChI is InChI=1S/C54H84FN5O11/c1-15-45-53(11,64)48(61)36(8)59(13)29-31(3)26-54(65,16-2)50(34(6)47(35(7)51(63)70-45)44-27-52(10,66-14)49(62)37(9)69-44)71-46-25-41(22-33(5)68-46)58(12)20-19-40-30-60(57-56-40)42(28-55)24-38-17-18-43-39(23-38)21-32(4)67-43/h2,17-18,21,23,30-31,33-37,41-42,44-50,61-62,64-65H,15,19-20,22,24-29H2,1,3-14H3/t31-,33-,34+,35-,36?,37+,41+,42+,44-,45-,46+,47?,48-,49+,50-,52-,53-,54-/m1/s1. The quantitative estimate of drug-likeness (QED) is 0.118. The lowest BCUT2D eigenvalue weighted by Crippen LogP contribution is -2.61. The fourth-order valence-electron chi connectivity index (χ4n) is 11.9. The number of benzene rings is 1. The minimum absolute atomic E-state index is 0.0225. The molecule has 0 spiro atoms. The van der Waals surface area contributed by atoms with Crippen LogP contribution in [0.1, 0.15) is 117 Å². The molecule has 2 aromatic heterocycles. The van der Waals surface area contributed by atoms with Crippen LogP contribution in [-0.2, 0) is 41.3 Å². The Labute approximate surface area is 420 Å². The summed E-state index contributed by atoms with van der Waals surface area (Å²) in [4.78, 5) is 18.8. The first-order valence-electron chi connectivity index (χ1n) is 25.7. The summed E-state index contributed by atoms with van der Waals surface area (Å²) in [5.74, 6) is 0.278. The summed E-state index contributed by atoms with van der Waals surface area (Å²) in [5.41, 5.74) is -2.29. The summed E-state index contributed by atoms with van der Waals surface area (Å²) in [5, 5.41) is 57.7. The van der Waals surface area contributed by atoms with Crippen LogP contribution in [0.4, 0.5) is 4.39 Å². The summed E-state index contributed by atoms with van der Waals surface area (Å²) >= 11 is 0. The second-order valence-electron chi connectivity index (χ2n) is 22.1. The lowest BCUT2D eigenvalue weighted by atomic mass is 9.68. The van der Waals surface area contributed by atoms with Crippen molar-refractivity contribution < 1.29 is 57.7 Å². The van der Waals surface area contributed by atoms with Crippen LogP contribution in [0.3, 0.4) is 0 Å². The number of aliphatic hydroxyl groups excluding tert-OH is 2. The molecule has 1 aromatic carbocycles. The van der Waals surface area contributed by atoms with Crippen molar-refractivity contribution in [2.24, 2.45) is 23.7 Å². The van der Waals surface area contributed by atoms with E-state index in [2.05, 4.69) is 21.1 Å². The fourth-order valence-corrected chi connectivity index (χ4v) is 11.9. The number of rotatable bonds is 13. The first-order chi connectivity index (χ1) is 33.4. The van der Waals surface area contributed by atoms with Crippen LogP contribution in [0.5, 0.6) is 0 Å². The highest BCUT2D eigenvalue weighted by molar-refractivity contribution is 5.78. The molecule has 18 atom stereocenters. The first-order valence-corrected chi connectivity index (χ1v) is 25.7. The van der Waals surface area contributed by atoms with Crippen LogP contribution in [0.15, 0.2) is 34.9 Å². The predicted octanol–water partition coefficient (Wildman–Crippen LogP) is 5.83. The van der Waals surface area contributed by atoms with Gasteiger partial charge >= 0.3 is 5.97 Å². The molecule has 16 nitrogen and oxygen atoms in total. The zero-order chi connectivity index (χ0) is 52.3. The normalized spacial score (nSPS) is 38.9. The number of hydrogen-bond acceptors (Lipinski definition) is 15. The van der Waals surface area contributed by atoms with E-state index >= 15 is 0 Å². The number of terminal acetylenes is 1. The van der Waals surface area contributed by atoms with Gasteiger partial charge in [-0.05, 0) is 117 Å². The Morgan fingerprint density at radius 1 is 1.06 bits per heavy atom. The first kappa shape index (κ1) is 56.8. The third-order valence-electron chi connectivity index (χ3n) is 16.4. The summed E-state index contributed by atoms with van der Waals surface area (Å²) in [6.45, 7) is 18.5. The van der Waals surface area contributed by atoms with E-state index < -0.39 is 102 Å². The molecule has 6 rings (SSSR count). The minimum Gasteiger partial charge on any atom is -0.461 e. The Morgan fingerprint density at radius 3 is 2.44 bits per heavy atom. The van der Waals surface area contributed by atoms with Crippen molar-refractivity contribution in [1.82, 2.24) is 24.8 Å². The van der Waals surface area contributed by atoms with E-state index in [4.69, 9.17) is 34.5 Å². The van der Waals surface area contributed by atoms with E-state index in [9.17, 15) is 29.6 Å². The number of carbonyl (C=O) groups is 1. The number of aromatic nitrogens is 3. The number of nitrogens with zero attached hydrogens (tertiary/aromatic N) is 5. The molecule has 0 amide bonds. The van der Waals surface area contributed by atoms with Crippen molar-refractivity contribution in [3.05, 3.63) is 47.5 Å². The minimum atomic E-state index is -1.91. The number of likely N-dealkylation sites (N-methyl/N-ethyl adjacent to an activating group) is 2. The number of aryl methyl sites for hydroxylation is 1. The van der Waals surface area contributed by atoms with Gasteiger partial charge in [0.1, 0.15) is 48.0 Å². The summed E-state index contributed by atoms with van der Waals surface area (Å²) in [7, 11) is 5.40. The number of halogens is 1. The van der Waals surface area contributed by atoms with Crippen LogP contribution >= 0.6 is 0 Å². The monoisotopic (exact) mass is 998 g/mol. The molecule has 3 aliphatic heterocycles. The topological polar surface area (TPSA) is 194 Å².